The second-order valence-electron chi connectivity index (χ2n) is 6.49. The molecule has 1 saturated heterocycles. The third-order valence-electron chi connectivity index (χ3n) is 4.20. The molecule has 1 aromatic rings. The van der Waals surface area contributed by atoms with Crippen LogP contribution in [0.3, 0.4) is 0 Å². The minimum Gasteiger partial charge on any atom is -0.481 e. The van der Waals surface area contributed by atoms with Gasteiger partial charge in [-0.05, 0) is 56.3 Å². The first kappa shape index (κ1) is 19.8. The zero-order valence-corrected chi connectivity index (χ0v) is 15.3. The number of hydrogen-bond acceptors (Lipinski definition) is 3. The summed E-state index contributed by atoms with van der Waals surface area (Å²) < 4.78 is 5.91. The summed E-state index contributed by atoms with van der Waals surface area (Å²) in [7, 11) is 0. The lowest BCUT2D eigenvalue weighted by Crippen LogP contribution is -2.49. The zero-order chi connectivity index (χ0) is 16.1. The Balaban J connectivity index is 0.00000264. The van der Waals surface area contributed by atoms with E-state index in [2.05, 4.69) is 36.6 Å². The molecule has 0 radical (unpaired) electrons. The van der Waals surface area contributed by atoms with Gasteiger partial charge in [0, 0.05) is 12.6 Å². The van der Waals surface area contributed by atoms with E-state index in [-0.39, 0.29) is 24.4 Å². The summed E-state index contributed by atoms with van der Waals surface area (Å²) >= 11 is 0. The quantitative estimate of drug-likeness (QED) is 0.865. The maximum atomic E-state index is 12.3. The highest BCUT2D eigenvalue weighted by atomic mass is 35.5. The molecule has 1 aromatic carbocycles. The molecule has 1 heterocycles. The monoisotopic (exact) mass is 340 g/mol. The van der Waals surface area contributed by atoms with Crippen molar-refractivity contribution in [2.45, 2.75) is 58.6 Å². The van der Waals surface area contributed by atoms with Crippen molar-refractivity contribution in [3.63, 3.8) is 0 Å². The van der Waals surface area contributed by atoms with Crippen LogP contribution in [0.2, 0.25) is 0 Å². The number of nitrogens with one attached hydrogen (secondary N) is 2. The molecule has 4 nitrogen and oxygen atoms in total. The van der Waals surface area contributed by atoms with Crippen LogP contribution >= 0.6 is 12.4 Å². The minimum atomic E-state index is -0.483. The number of benzene rings is 1. The molecular formula is C18H29ClN2O2. The zero-order valence-electron chi connectivity index (χ0n) is 14.5. The van der Waals surface area contributed by atoms with E-state index in [4.69, 9.17) is 4.74 Å². The topological polar surface area (TPSA) is 50.4 Å². The smallest absolute Gasteiger partial charge is 0.261 e. The Kier molecular flexibility index (Phi) is 7.86. The van der Waals surface area contributed by atoms with Crippen LogP contribution in [0.4, 0.5) is 0 Å². The molecular weight excluding hydrogens is 312 g/mol. The second-order valence-corrected chi connectivity index (χ2v) is 6.49. The average Bonchev–Trinajstić information content (AvgIpc) is 2.50. The number of hydrogen-bond donors (Lipinski definition) is 2. The van der Waals surface area contributed by atoms with Gasteiger partial charge in [0.25, 0.3) is 5.91 Å². The van der Waals surface area contributed by atoms with Crippen molar-refractivity contribution in [3.8, 4) is 5.75 Å². The van der Waals surface area contributed by atoms with Crippen molar-refractivity contribution in [1.82, 2.24) is 10.6 Å². The van der Waals surface area contributed by atoms with E-state index in [1.54, 1.807) is 0 Å². The lowest BCUT2D eigenvalue weighted by atomic mass is 10.0. The number of rotatable bonds is 5. The third kappa shape index (κ3) is 5.70. The van der Waals surface area contributed by atoms with E-state index < -0.39 is 6.10 Å². The molecule has 130 valence electrons. The average molecular weight is 341 g/mol. The summed E-state index contributed by atoms with van der Waals surface area (Å²) in [5, 5.41) is 6.37. The Labute approximate surface area is 145 Å². The molecule has 1 fully saturated rings. The first-order valence-corrected chi connectivity index (χ1v) is 8.25. The Morgan fingerprint density at radius 3 is 2.70 bits per heavy atom. The SMILES string of the molecule is Cc1ccc(C(C)C)cc1OC(C)C(=O)N[C@H]1CCCNC1.Cl. The normalized spacial score (nSPS) is 18.9. The lowest BCUT2D eigenvalue weighted by Gasteiger charge is -2.25. The van der Waals surface area contributed by atoms with Crippen molar-refractivity contribution in [2.75, 3.05) is 13.1 Å². The minimum absolute atomic E-state index is 0. The van der Waals surface area contributed by atoms with E-state index in [1.807, 2.05) is 19.9 Å². The van der Waals surface area contributed by atoms with Crippen LogP contribution in [-0.2, 0) is 4.79 Å². The van der Waals surface area contributed by atoms with Gasteiger partial charge in [0.2, 0.25) is 0 Å². The number of piperidine rings is 1. The van der Waals surface area contributed by atoms with Crippen LogP contribution in [0.1, 0.15) is 50.7 Å². The third-order valence-corrected chi connectivity index (χ3v) is 4.20. The molecule has 2 rings (SSSR count). The summed E-state index contributed by atoms with van der Waals surface area (Å²) in [5.74, 6) is 1.21. The van der Waals surface area contributed by atoms with E-state index in [0.29, 0.717) is 5.92 Å². The second kappa shape index (κ2) is 9.14. The molecule has 5 heteroatoms. The highest BCUT2D eigenvalue weighted by Crippen LogP contribution is 2.25. The van der Waals surface area contributed by atoms with Gasteiger partial charge in [0.05, 0.1) is 0 Å². The van der Waals surface area contributed by atoms with Gasteiger partial charge < -0.3 is 15.4 Å². The molecule has 2 N–H and O–H groups in total. The molecule has 0 aromatic heterocycles. The Bertz CT molecular complexity index is 514. The fourth-order valence-electron chi connectivity index (χ4n) is 2.64. The van der Waals surface area contributed by atoms with Gasteiger partial charge in [-0.2, -0.15) is 0 Å². The van der Waals surface area contributed by atoms with Gasteiger partial charge in [-0.1, -0.05) is 26.0 Å². The maximum Gasteiger partial charge on any atom is 0.261 e. The van der Waals surface area contributed by atoms with Crippen LogP contribution < -0.4 is 15.4 Å². The van der Waals surface area contributed by atoms with E-state index in [9.17, 15) is 4.79 Å². The summed E-state index contributed by atoms with van der Waals surface area (Å²) in [4.78, 5) is 12.3. The Morgan fingerprint density at radius 1 is 1.35 bits per heavy atom. The first-order valence-electron chi connectivity index (χ1n) is 8.25. The molecule has 0 saturated carbocycles. The van der Waals surface area contributed by atoms with Crippen LogP contribution in [0.5, 0.6) is 5.75 Å². The van der Waals surface area contributed by atoms with Gasteiger partial charge in [-0.15, -0.1) is 12.4 Å². The highest BCUT2D eigenvalue weighted by Gasteiger charge is 2.21. The molecule has 0 bridgehead atoms. The largest absolute Gasteiger partial charge is 0.481 e. The van der Waals surface area contributed by atoms with Crippen molar-refractivity contribution in [1.29, 1.82) is 0 Å². The molecule has 1 aliphatic rings. The van der Waals surface area contributed by atoms with Gasteiger partial charge in [-0.25, -0.2) is 0 Å². The highest BCUT2D eigenvalue weighted by molar-refractivity contribution is 5.85. The number of carbonyl (C=O) groups is 1. The van der Waals surface area contributed by atoms with Crippen LogP contribution in [-0.4, -0.2) is 31.1 Å². The molecule has 2 atom stereocenters. The molecule has 1 unspecified atom stereocenters. The molecule has 23 heavy (non-hydrogen) atoms. The first-order chi connectivity index (χ1) is 10.5. The summed E-state index contributed by atoms with van der Waals surface area (Å²) in [6, 6.07) is 6.44. The van der Waals surface area contributed by atoms with Gasteiger partial charge >= 0.3 is 0 Å². The van der Waals surface area contributed by atoms with Gasteiger partial charge in [0.1, 0.15) is 5.75 Å². The number of halogens is 1. The van der Waals surface area contributed by atoms with E-state index >= 15 is 0 Å². The van der Waals surface area contributed by atoms with Crippen molar-refractivity contribution < 1.29 is 9.53 Å². The van der Waals surface area contributed by atoms with Crippen LogP contribution in [0.25, 0.3) is 0 Å². The molecule has 0 spiro atoms. The predicted octanol–water partition coefficient (Wildman–Crippen LogP) is 3.18. The number of amides is 1. The number of carbonyl (C=O) groups excluding carboxylic acids is 1. The van der Waals surface area contributed by atoms with Crippen molar-refractivity contribution >= 4 is 18.3 Å². The predicted molar refractivity (Wildman–Crippen MR) is 96.6 cm³/mol. The van der Waals surface area contributed by atoms with Crippen molar-refractivity contribution in [3.05, 3.63) is 29.3 Å². The Morgan fingerprint density at radius 2 is 2.09 bits per heavy atom. The summed E-state index contributed by atoms with van der Waals surface area (Å²) in [6.07, 6.45) is 1.66. The van der Waals surface area contributed by atoms with Gasteiger partial charge in [0.15, 0.2) is 6.10 Å². The van der Waals surface area contributed by atoms with Crippen LogP contribution in [0.15, 0.2) is 18.2 Å². The van der Waals surface area contributed by atoms with Gasteiger partial charge in [-0.3, -0.25) is 4.79 Å². The molecule has 1 aliphatic heterocycles. The number of aryl methyl sites for hydroxylation is 1. The summed E-state index contributed by atoms with van der Waals surface area (Å²) in [5.41, 5.74) is 2.29. The van der Waals surface area contributed by atoms with Crippen molar-refractivity contribution in [2.24, 2.45) is 0 Å². The van der Waals surface area contributed by atoms with E-state index in [0.717, 1.165) is 37.2 Å². The lowest BCUT2D eigenvalue weighted by molar-refractivity contribution is -0.128. The number of ether oxygens (including phenoxy) is 1. The Hall–Kier alpha value is -1.26. The molecule has 0 aliphatic carbocycles. The fourth-order valence-corrected chi connectivity index (χ4v) is 2.64. The summed E-state index contributed by atoms with van der Waals surface area (Å²) in [6.45, 7) is 10.0. The standard InChI is InChI=1S/C18H28N2O2.ClH/c1-12(2)15-8-7-13(3)17(10-15)22-14(4)18(21)20-16-6-5-9-19-11-16;/h7-8,10,12,14,16,19H,5-6,9,11H2,1-4H3,(H,20,21);1H/t14?,16-;/m0./s1. The molecule has 1 amide bonds. The maximum absolute atomic E-state index is 12.3. The van der Waals surface area contributed by atoms with E-state index in [1.165, 1.54) is 5.56 Å². The fraction of sp³-hybridized carbons (Fsp3) is 0.611. The van der Waals surface area contributed by atoms with Crippen LogP contribution in [0, 0.1) is 6.92 Å².